The lowest BCUT2D eigenvalue weighted by atomic mass is 10.2. The van der Waals surface area contributed by atoms with Gasteiger partial charge in [-0.05, 0) is 12.1 Å². The molecule has 0 saturated carbocycles. The van der Waals surface area contributed by atoms with Crippen molar-refractivity contribution in [1.82, 2.24) is 10.3 Å². The molecule has 0 aliphatic rings. The smallest absolute Gasteiger partial charge is 0.256 e. The van der Waals surface area contributed by atoms with Gasteiger partial charge in [0.1, 0.15) is 6.54 Å². The molecule has 1 aromatic rings. The normalized spacial score (nSPS) is 8.92. The monoisotopic (exact) mass is 179 g/mol. The summed E-state index contributed by atoms with van der Waals surface area (Å²) < 4.78 is 12.8. The van der Waals surface area contributed by atoms with Gasteiger partial charge in [-0.2, -0.15) is 9.65 Å². The Hall–Kier alpha value is -1.96. The van der Waals surface area contributed by atoms with Crippen LogP contribution in [0.25, 0.3) is 0 Å². The van der Waals surface area contributed by atoms with Crippen LogP contribution in [0.2, 0.25) is 0 Å². The summed E-state index contributed by atoms with van der Waals surface area (Å²) in [5.41, 5.74) is -0.155. The Kier molecular flexibility index (Phi) is 2.92. The summed E-state index contributed by atoms with van der Waals surface area (Å²) in [6.07, 6.45) is 1.25. The Bertz CT molecular complexity index is 359. The minimum Gasteiger partial charge on any atom is -0.339 e. The zero-order valence-electron chi connectivity index (χ0n) is 6.62. The number of aromatic nitrogens is 1. The third kappa shape index (κ3) is 2.24. The van der Waals surface area contributed by atoms with E-state index in [0.717, 1.165) is 0 Å². The number of amides is 1. The molecule has 1 heterocycles. The van der Waals surface area contributed by atoms with Crippen LogP contribution in [0.15, 0.2) is 18.3 Å². The van der Waals surface area contributed by atoms with Crippen molar-refractivity contribution in [2.45, 2.75) is 0 Å². The standard InChI is InChI=1S/C8H6FN3O/c9-7-6(2-1-4-11-7)8(13)12-5-3-10/h1-2,4H,5H2,(H,12,13). The van der Waals surface area contributed by atoms with Crippen LogP contribution in [-0.2, 0) is 0 Å². The molecular formula is C8H6FN3O. The number of nitriles is 1. The number of carbonyl (C=O) groups is 1. The summed E-state index contributed by atoms with van der Waals surface area (Å²) in [6, 6.07) is 4.46. The van der Waals surface area contributed by atoms with Crippen LogP contribution >= 0.6 is 0 Å². The van der Waals surface area contributed by atoms with Crippen molar-refractivity contribution in [3.63, 3.8) is 0 Å². The quantitative estimate of drug-likeness (QED) is 0.530. The molecule has 5 heteroatoms. The lowest BCUT2D eigenvalue weighted by Gasteiger charge is -2.00. The van der Waals surface area contributed by atoms with Gasteiger partial charge in [0, 0.05) is 6.20 Å². The third-order valence-corrected chi connectivity index (χ3v) is 1.33. The third-order valence-electron chi connectivity index (χ3n) is 1.33. The van der Waals surface area contributed by atoms with Gasteiger partial charge in [0.05, 0.1) is 11.6 Å². The molecule has 1 rings (SSSR count). The molecule has 1 N–H and O–H groups in total. The van der Waals surface area contributed by atoms with E-state index in [1.165, 1.54) is 18.3 Å². The van der Waals surface area contributed by atoms with E-state index >= 15 is 0 Å². The molecule has 4 nitrogen and oxygen atoms in total. The first-order valence-electron chi connectivity index (χ1n) is 3.51. The average Bonchev–Trinajstić information content (AvgIpc) is 2.15. The maximum Gasteiger partial charge on any atom is 0.256 e. The molecule has 1 aromatic heterocycles. The number of halogens is 1. The fourth-order valence-electron chi connectivity index (χ4n) is 0.770. The fraction of sp³-hybridized carbons (Fsp3) is 0.125. The van der Waals surface area contributed by atoms with E-state index in [1.807, 2.05) is 0 Å². The zero-order valence-corrected chi connectivity index (χ0v) is 6.62. The number of hydrogen-bond donors (Lipinski definition) is 1. The molecule has 66 valence electrons. The Morgan fingerprint density at radius 3 is 3.15 bits per heavy atom. The van der Waals surface area contributed by atoms with Gasteiger partial charge in [0.25, 0.3) is 5.91 Å². The summed E-state index contributed by atoms with van der Waals surface area (Å²) in [7, 11) is 0. The first-order chi connectivity index (χ1) is 6.25. The Morgan fingerprint density at radius 1 is 1.77 bits per heavy atom. The van der Waals surface area contributed by atoms with Crippen molar-refractivity contribution in [3.05, 3.63) is 29.8 Å². The molecule has 0 aliphatic carbocycles. The molecule has 0 unspecified atom stereocenters. The number of pyridine rings is 1. The van der Waals surface area contributed by atoms with Crippen molar-refractivity contribution >= 4 is 5.91 Å². The summed E-state index contributed by atoms with van der Waals surface area (Å²) in [6.45, 7) is -0.146. The number of nitrogens with one attached hydrogen (secondary N) is 1. The van der Waals surface area contributed by atoms with Crippen LogP contribution in [0.3, 0.4) is 0 Å². The lowest BCUT2D eigenvalue weighted by molar-refractivity contribution is 0.0953. The van der Waals surface area contributed by atoms with E-state index in [1.54, 1.807) is 6.07 Å². The molecule has 0 aliphatic heterocycles. The van der Waals surface area contributed by atoms with Crippen molar-refractivity contribution in [2.24, 2.45) is 0 Å². The van der Waals surface area contributed by atoms with Gasteiger partial charge in [-0.3, -0.25) is 4.79 Å². The molecule has 0 fully saturated rings. The second-order valence-electron chi connectivity index (χ2n) is 2.18. The molecule has 0 radical (unpaired) electrons. The molecule has 13 heavy (non-hydrogen) atoms. The molecule has 0 aromatic carbocycles. The van der Waals surface area contributed by atoms with Crippen molar-refractivity contribution in [1.29, 1.82) is 5.26 Å². The zero-order chi connectivity index (χ0) is 9.68. The van der Waals surface area contributed by atoms with Crippen LogP contribution in [0.4, 0.5) is 4.39 Å². The minimum absolute atomic E-state index is 0.146. The highest BCUT2D eigenvalue weighted by molar-refractivity contribution is 5.94. The molecular weight excluding hydrogens is 173 g/mol. The number of nitrogens with zero attached hydrogens (tertiary/aromatic N) is 2. The molecule has 0 atom stereocenters. The maximum atomic E-state index is 12.8. The van der Waals surface area contributed by atoms with Gasteiger partial charge in [-0.1, -0.05) is 0 Å². The Morgan fingerprint density at radius 2 is 2.54 bits per heavy atom. The minimum atomic E-state index is -0.835. The number of rotatable bonds is 2. The predicted molar refractivity (Wildman–Crippen MR) is 42.1 cm³/mol. The van der Waals surface area contributed by atoms with E-state index in [2.05, 4.69) is 10.3 Å². The Labute approximate surface area is 74.0 Å². The van der Waals surface area contributed by atoms with Crippen molar-refractivity contribution in [2.75, 3.05) is 6.54 Å². The second-order valence-corrected chi connectivity index (χ2v) is 2.18. The van der Waals surface area contributed by atoms with Gasteiger partial charge < -0.3 is 5.32 Å². The second kappa shape index (κ2) is 4.16. The summed E-state index contributed by atoms with van der Waals surface area (Å²) >= 11 is 0. The van der Waals surface area contributed by atoms with Gasteiger partial charge in [0.15, 0.2) is 0 Å². The molecule has 0 saturated heterocycles. The van der Waals surface area contributed by atoms with Crippen molar-refractivity contribution in [3.8, 4) is 6.07 Å². The summed E-state index contributed by atoms with van der Waals surface area (Å²) in [5.74, 6) is -1.47. The molecule has 0 spiro atoms. The van der Waals surface area contributed by atoms with Crippen LogP contribution in [0.5, 0.6) is 0 Å². The largest absolute Gasteiger partial charge is 0.339 e. The van der Waals surface area contributed by atoms with Crippen LogP contribution in [0.1, 0.15) is 10.4 Å². The van der Waals surface area contributed by atoms with E-state index in [9.17, 15) is 9.18 Å². The van der Waals surface area contributed by atoms with E-state index in [0.29, 0.717) is 0 Å². The van der Waals surface area contributed by atoms with Gasteiger partial charge in [0.2, 0.25) is 5.95 Å². The first kappa shape index (κ1) is 9.13. The fourth-order valence-corrected chi connectivity index (χ4v) is 0.770. The number of carbonyl (C=O) groups excluding carboxylic acids is 1. The van der Waals surface area contributed by atoms with Crippen molar-refractivity contribution < 1.29 is 9.18 Å². The van der Waals surface area contributed by atoms with E-state index in [4.69, 9.17) is 5.26 Å². The molecule has 1 amide bonds. The first-order valence-corrected chi connectivity index (χ1v) is 3.51. The van der Waals surface area contributed by atoms with Crippen LogP contribution < -0.4 is 5.32 Å². The topological polar surface area (TPSA) is 65.8 Å². The van der Waals surface area contributed by atoms with Crippen LogP contribution in [0, 0.1) is 17.3 Å². The lowest BCUT2D eigenvalue weighted by Crippen LogP contribution is -2.24. The average molecular weight is 179 g/mol. The highest BCUT2D eigenvalue weighted by Gasteiger charge is 2.10. The number of hydrogen-bond acceptors (Lipinski definition) is 3. The highest BCUT2D eigenvalue weighted by atomic mass is 19.1. The van der Waals surface area contributed by atoms with Crippen LogP contribution in [-0.4, -0.2) is 17.4 Å². The maximum absolute atomic E-state index is 12.8. The summed E-state index contributed by atoms with van der Waals surface area (Å²) in [5, 5.41) is 10.4. The highest BCUT2D eigenvalue weighted by Crippen LogP contribution is 2.01. The summed E-state index contributed by atoms with van der Waals surface area (Å²) in [4.78, 5) is 14.4. The van der Waals surface area contributed by atoms with Gasteiger partial charge >= 0.3 is 0 Å². The van der Waals surface area contributed by atoms with E-state index < -0.39 is 11.9 Å². The molecule has 0 bridgehead atoms. The van der Waals surface area contributed by atoms with Gasteiger partial charge in [-0.15, -0.1) is 0 Å². The van der Waals surface area contributed by atoms with E-state index in [-0.39, 0.29) is 12.1 Å². The van der Waals surface area contributed by atoms with Gasteiger partial charge in [-0.25, -0.2) is 4.98 Å². The Balaban J connectivity index is 2.78. The SMILES string of the molecule is N#CCNC(=O)c1cccnc1F. The predicted octanol–water partition coefficient (Wildman–Crippen LogP) is 0.474.